The van der Waals surface area contributed by atoms with Gasteiger partial charge in [-0.25, -0.2) is 19.7 Å². The van der Waals surface area contributed by atoms with Crippen molar-refractivity contribution in [2.45, 2.75) is 13.1 Å². The third-order valence-electron chi connectivity index (χ3n) is 4.94. The number of aryl methyl sites for hydroxylation is 1. The topological polar surface area (TPSA) is 115 Å². The smallest absolute Gasteiger partial charge is 0.416 e. The molecule has 0 aliphatic carbocycles. The highest BCUT2D eigenvalue weighted by Crippen LogP contribution is 2.33. The van der Waals surface area contributed by atoms with Crippen molar-refractivity contribution in [1.29, 1.82) is 0 Å². The van der Waals surface area contributed by atoms with Gasteiger partial charge in [0.2, 0.25) is 0 Å². The van der Waals surface area contributed by atoms with E-state index in [2.05, 4.69) is 25.6 Å². The minimum absolute atomic E-state index is 0.00845. The number of hydrogen-bond donors (Lipinski definition) is 3. The summed E-state index contributed by atoms with van der Waals surface area (Å²) < 4.78 is 44.3. The lowest BCUT2D eigenvalue weighted by Gasteiger charge is -2.12. The summed E-state index contributed by atoms with van der Waals surface area (Å²) in [6.45, 7) is 1.32. The van der Waals surface area contributed by atoms with Crippen LogP contribution in [-0.2, 0) is 6.18 Å². The number of carbonyl (C=O) groups excluding carboxylic acids is 1. The average Bonchev–Trinajstić information content (AvgIpc) is 2.82. The summed E-state index contributed by atoms with van der Waals surface area (Å²) in [4.78, 5) is 24.3. The molecule has 0 aliphatic rings. The first kappa shape index (κ1) is 24.7. The summed E-state index contributed by atoms with van der Waals surface area (Å²) in [6, 6.07) is 11.4. The summed E-state index contributed by atoms with van der Waals surface area (Å²) in [5.74, 6) is 0.806. The number of nitrogens with one attached hydrogen (secondary N) is 2. The first-order chi connectivity index (χ1) is 17.1. The summed E-state index contributed by atoms with van der Waals surface area (Å²) in [7, 11) is 0. The van der Waals surface area contributed by atoms with Gasteiger partial charge in [-0.15, -0.1) is 0 Å². The number of rotatable bonds is 5. The van der Waals surface area contributed by atoms with Gasteiger partial charge in [0, 0.05) is 17.4 Å². The Labute approximate surface area is 208 Å². The van der Waals surface area contributed by atoms with Gasteiger partial charge >= 0.3 is 18.2 Å². The van der Waals surface area contributed by atoms with E-state index in [1.165, 1.54) is 37.6 Å². The third-order valence-corrected chi connectivity index (χ3v) is 5.14. The van der Waals surface area contributed by atoms with E-state index in [0.717, 1.165) is 11.6 Å². The Hall–Kier alpha value is -4.38. The molecule has 0 fully saturated rings. The van der Waals surface area contributed by atoms with Crippen molar-refractivity contribution in [2.24, 2.45) is 0 Å². The zero-order valence-electron chi connectivity index (χ0n) is 18.6. The fourth-order valence-electron chi connectivity index (χ4n) is 3.28. The minimum atomic E-state index is -4.46. The van der Waals surface area contributed by atoms with Crippen LogP contribution >= 0.6 is 11.6 Å². The standard InChI is InChI=1S/C24H18ClF3N6O2/c1-13-8-16(4-7-20(13)24(26,27)28)33-22(35)34-17-11-31-23(32-12-17)36-18-5-2-14(3-6-18)19-9-15(25)10-30-21(19)29/h2-12H,1H3,(H2,29,30)(H2,33,34,35). The molecule has 0 radical (unpaired) electrons. The van der Waals surface area contributed by atoms with E-state index in [1.54, 1.807) is 30.3 Å². The zero-order valence-corrected chi connectivity index (χ0v) is 19.4. The van der Waals surface area contributed by atoms with E-state index in [1.807, 2.05) is 0 Å². The normalized spacial score (nSPS) is 11.1. The fraction of sp³-hybridized carbons (Fsp3) is 0.0833. The first-order valence-corrected chi connectivity index (χ1v) is 10.7. The molecular formula is C24H18ClF3N6O2. The number of alkyl halides is 3. The number of ether oxygens (including phenoxy) is 1. The third kappa shape index (κ3) is 5.99. The lowest BCUT2D eigenvalue weighted by molar-refractivity contribution is -0.138. The quantitative estimate of drug-likeness (QED) is 0.278. The van der Waals surface area contributed by atoms with Gasteiger partial charge < -0.3 is 21.1 Å². The highest BCUT2D eigenvalue weighted by molar-refractivity contribution is 6.30. The second-order valence-electron chi connectivity index (χ2n) is 7.57. The molecule has 8 nitrogen and oxygen atoms in total. The van der Waals surface area contributed by atoms with Gasteiger partial charge in [0.15, 0.2) is 0 Å². The summed E-state index contributed by atoms with van der Waals surface area (Å²) in [5, 5.41) is 5.43. The molecule has 0 bridgehead atoms. The number of urea groups is 1. The molecule has 12 heteroatoms. The number of amides is 2. The number of carbonyl (C=O) groups is 1. The van der Waals surface area contributed by atoms with Crippen LogP contribution in [0.1, 0.15) is 11.1 Å². The highest BCUT2D eigenvalue weighted by Gasteiger charge is 2.32. The average molecular weight is 515 g/mol. The predicted octanol–water partition coefficient (Wildman–Crippen LogP) is 6.54. The van der Waals surface area contributed by atoms with E-state index < -0.39 is 17.8 Å². The van der Waals surface area contributed by atoms with Crippen molar-refractivity contribution in [3.8, 4) is 22.9 Å². The van der Waals surface area contributed by atoms with Gasteiger partial charge in [-0.3, -0.25) is 0 Å². The Bertz CT molecular complexity index is 1400. The number of benzene rings is 2. The molecule has 2 aromatic carbocycles. The van der Waals surface area contributed by atoms with Gasteiger partial charge in [0.05, 0.1) is 28.7 Å². The van der Waals surface area contributed by atoms with Crippen LogP contribution in [0.15, 0.2) is 67.1 Å². The Balaban J connectivity index is 1.35. The number of pyridine rings is 1. The number of hydrogen-bond acceptors (Lipinski definition) is 6. The lowest BCUT2D eigenvalue weighted by atomic mass is 10.1. The SMILES string of the molecule is Cc1cc(NC(=O)Nc2cnc(Oc3ccc(-c4cc(Cl)cnc4N)cc3)nc2)ccc1C(F)(F)F. The largest absolute Gasteiger partial charge is 0.424 e. The molecule has 0 saturated carbocycles. The molecule has 4 aromatic rings. The van der Waals surface area contributed by atoms with Crippen molar-refractivity contribution in [2.75, 3.05) is 16.4 Å². The maximum atomic E-state index is 12.9. The minimum Gasteiger partial charge on any atom is -0.424 e. The van der Waals surface area contributed by atoms with Crippen molar-refractivity contribution in [1.82, 2.24) is 15.0 Å². The maximum Gasteiger partial charge on any atom is 0.416 e. The molecule has 0 saturated heterocycles. The highest BCUT2D eigenvalue weighted by atomic mass is 35.5. The molecule has 4 rings (SSSR count). The van der Waals surface area contributed by atoms with Crippen LogP contribution in [0.25, 0.3) is 11.1 Å². The molecular weight excluding hydrogens is 497 g/mol. The lowest BCUT2D eigenvalue weighted by Crippen LogP contribution is -2.20. The zero-order chi connectivity index (χ0) is 25.9. The second kappa shape index (κ2) is 10.1. The van der Waals surface area contributed by atoms with E-state index in [-0.39, 0.29) is 22.9 Å². The Morgan fingerprint density at radius 1 is 0.944 bits per heavy atom. The Morgan fingerprint density at radius 3 is 2.25 bits per heavy atom. The number of nitrogens with two attached hydrogens (primary N) is 1. The van der Waals surface area contributed by atoms with Crippen molar-refractivity contribution >= 4 is 34.8 Å². The van der Waals surface area contributed by atoms with E-state index in [0.29, 0.717) is 22.2 Å². The van der Waals surface area contributed by atoms with Gasteiger partial charge in [0.1, 0.15) is 11.6 Å². The molecule has 0 unspecified atom stereocenters. The van der Waals surface area contributed by atoms with E-state index in [4.69, 9.17) is 22.1 Å². The van der Waals surface area contributed by atoms with Crippen LogP contribution in [0.5, 0.6) is 11.8 Å². The van der Waals surface area contributed by atoms with Crippen molar-refractivity contribution < 1.29 is 22.7 Å². The molecule has 0 atom stereocenters. The molecule has 36 heavy (non-hydrogen) atoms. The molecule has 2 amide bonds. The van der Waals surface area contributed by atoms with Crippen LogP contribution < -0.4 is 21.1 Å². The van der Waals surface area contributed by atoms with Gasteiger partial charge in [0.25, 0.3) is 0 Å². The molecule has 0 spiro atoms. The van der Waals surface area contributed by atoms with E-state index >= 15 is 0 Å². The summed E-state index contributed by atoms with van der Waals surface area (Å²) in [5.41, 5.74) is 7.07. The number of halogens is 4. The van der Waals surface area contributed by atoms with Crippen LogP contribution in [0.3, 0.4) is 0 Å². The summed E-state index contributed by atoms with van der Waals surface area (Å²) >= 11 is 5.99. The molecule has 184 valence electrons. The van der Waals surface area contributed by atoms with Gasteiger partial charge in [-0.1, -0.05) is 23.7 Å². The summed E-state index contributed by atoms with van der Waals surface area (Å²) in [6.07, 6.45) is -0.345. The van der Waals surface area contributed by atoms with Crippen molar-refractivity contribution in [3.63, 3.8) is 0 Å². The monoisotopic (exact) mass is 514 g/mol. The number of nitrogens with zero attached hydrogens (tertiary/aromatic N) is 3. The Kier molecular flexibility index (Phi) is 6.93. The first-order valence-electron chi connectivity index (χ1n) is 10.4. The van der Waals surface area contributed by atoms with Gasteiger partial charge in [-0.05, 0) is 54.4 Å². The van der Waals surface area contributed by atoms with Crippen LogP contribution in [-0.4, -0.2) is 21.0 Å². The molecule has 2 heterocycles. The maximum absolute atomic E-state index is 12.9. The Morgan fingerprint density at radius 2 is 1.61 bits per heavy atom. The molecule has 2 aromatic heterocycles. The van der Waals surface area contributed by atoms with Gasteiger partial charge in [-0.2, -0.15) is 13.2 Å². The second-order valence-corrected chi connectivity index (χ2v) is 8.01. The van der Waals surface area contributed by atoms with Crippen LogP contribution in [0.2, 0.25) is 5.02 Å². The predicted molar refractivity (Wildman–Crippen MR) is 130 cm³/mol. The van der Waals surface area contributed by atoms with Crippen molar-refractivity contribution in [3.05, 3.63) is 83.3 Å². The van der Waals surface area contributed by atoms with Crippen LogP contribution in [0.4, 0.5) is 35.2 Å². The molecule has 4 N–H and O–H groups in total. The molecule has 0 aliphatic heterocycles. The number of nitrogen functional groups attached to an aromatic ring is 1. The van der Waals surface area contributed by atoms with E-state index in [9.17, 15) is 18.0 Å². The van der Waals surface area contributed by atoms with Crippen LogP contribution in [0, 0.1) is 6.92 Å². The number of anilines is 3. The number of aromatic nitrogens is 3. The fourth-order valence-corrected chi connectivity index (χ4v) is 3.43.